The van der Waals surface area contributed by atoms with Crippen molar-refractivity contribution in [2.45, 2.75) is 31.8 Å². The second-order valence-electron chi connectivity index (χ2n) is 6.53. The van der Waals surface area contributed by atoms with E-state index in [2.05, 4.69) is 29.3 Å². The summed E-state index contributed by atoms with van der Waals surface area (Å²) in [7, 11) is 0. The van der Waals surface area contributed by atoms with Crippen LogP contribution in [0.5, 0.6) is 0 Å². The molecule has 3 N–H and O–H groups in total. The lowest BCUT2D eigenvalue weighted by atomic mass is 10.0. The highest BCUT2D eigenvalue weighted by Gasteiger charge is 2.33. The Balaban J connectivity index is 1.88. The number of carbonyl (C=O) groups excluding carboxylic acids is 2. The van der Waals surface area contributed by atoms with Crippen LogP contribution in [0.1, 0.15) is 29.3 Å². The van der Waals surface area contributed by atoms with Crippen molar-refractivity contribution in [3.05, 3.63) is 65.7 Å². The van der Waals surface area contributed by atoms with E-state index in [1.807, 2.05) is 30.3 Å². The number of hydroxylamine groups is 1. The van der Waals surface area contributed by atoms with Crippen LogP contribution in [0.2, 0.25) is 0 Å². The number of carbonyl (C=O) groups is 2. The van der Waals surface area contributed by atoms with Gasteiger partial charge in [-0.2, -0.15) is 0 Å². The largest absolute Gasteiger partial charge is 0.356 e. The minimum Gasteiger partial charge on any atom is -0.356 e. The zero-order valence-corrected chi connectivity index (χ0v) is 14.7. The number of benzene rings is 2. The van der Waals surface area contributed by atoms with Crippen molar-refractivity contribution in [3.63, 3.8) is 0 Å². The molecule has 3 rings (SSSR count). The van der Waals surface area contributed by atoms with Crippen LogP contribution >= 0.6 is 0 Å². The average Bonchev–Trinajstić information content (AvgIpc) is 3.08. The molecular formula is C20H23N3O3. The van der Waals surface area contributed by atoms with Gasteiger partial charge in [0.25, 0.3) is 5.91 Å². The zero-order chi connectivity index (χ0) is 18.5. The van der Waals surface area contributed by atoms with Crippen LogP contribution in [0.4, 0.5) is 5.69 Å². The zero-order valence-electron chi connectivity index (χ0n) is 14.7. The number of anilines is 1. The number of hydrogen-bond donors (Lipinski definition) is 3. The van der Waals surface area contributed by atoms with Gasteiger partial charge in [-0.25, -0.2) is 5.48 Å². The number of nitrogens with one attached hydrogen (secondary N) is 2. The van der Waals surface area contributed by atoms with Crippen molar-refractivity contribution in [2.75, 3.05) is 11.4 Å². The molecular weight excluding hydrogens is 330 g/mol. The Morgan fingerprint density at radius 2 is 1.92 bits per heavy atom. The molecule has 6 nitrogen and oxygen atoms in total. The summed E-state index contributed by atoms with van der Waals surface area (Å²) in [4.78, 5) is 26.0. The third-order valence-electron chi connectivity index (χ3n) is 4.73. The quantitative estimate of drug-likeness (QED) is 0.549. The summed E-state index contributed by atoms with van der Waals surface area (Å²) in [5.74, 6) is -0.527. The summed E-state index contributed by atoms with van der Waals surface area (Å²) in [6.07, 6.45) is 1.56. The fraction of sp³-hybridized carbons (Fsp3) is 0.300. The predicted octanol–water partition coefficient (Wildman–Crippen LogP) is 2.13. The average molecular weight is 353 g/mol. The van der Waals surface area contributed by atoms with Crippen LogP contribution in [0.25, 0.3) is 0 Å². The van der Waals surface area contributed by atoms with Crippen LogP contribution in [-0.4, -0.2) is 35.7 Å². The van der Waals surface area contributed by atoms with Gasteiger partial charge in [0.05, 0.1) is 0 Å². The Labute approximate surface area is 152 Å². The molecule has 1 heterocycles. The van der Waals surface area contributed by atoms with Crippen molar-refractivity contribution >= 4 is 17.5 Å². The van der Waals surface area contributed by atoms with E-state index in [4.69, 9.17) is 5.21 Å². The minimum absolute atomic E-state index is 0.0297. The van der Waals surface area contributed by atoms with Crippen LogP contribution in [0, 0.1) is 0 Å². The Kier molecular flexibility index (Phi) is 5.53. The fourth-order valence-electron chi connectivity index (χ4n) is 3.49. The van der Waals surface area contributed by atoms with E-state index in [-0.39, 0.29) is 18.0 Å². The van der Waals surface area contributed by atoms with Crippen molar-refractivity contribution in [3.8, 4) is 0 Å². The Hall–Kier alpha value is -2.86. The molecule has 2 aromatic carbocycles. The lowest BCUT2D eigenvalue weighted by Gasteiger charge is -2.35. The summed E-state index contributed by atoms with van der Waals surface area (Å²) < 4.78 is 0. The van der Waals surface area contributed by atoms with Gasteiger partial charge in [-0.05, 0) is 49.6 Å². The van der Waals surface area contributed by atoms with E-state index in [9.17, 15) is 9.59 Å². The molecule has 2 aromatic rings. The van der Waals surface area contributed by atoms with Gasteiger partial charge in [0.15, 0.2) is 0 Å². The third kappa shape index (κ3) is 3.86. The smallest absolute Gasteiger partial charge is 0.274 e. The first-order chi connectivity index (χ1) is 12.6. The van der Waals surface area contributed by atoms with E-state index in [0.29, 0.717) is 12.1 Å². The lowest BCUT2D eigenvalue weighted by Crippen LogP contribution is -2.47. The summed E-state index contributed by atoms with van der Waals surface area (Å²) in [5.41, 5.74) is 4.08. The first-order valence-electron chi connectivity index (χ1n) is 8.74. The van der Waals surface area contributed by atoms with Crippen molar-refractivity contribution in [1.82, 2.24) is 10.8 Å². The molecule has 1 saturated heterocycles. The Morgan fingerprint density at radius 1 is 1.23 bits per heavy atom. The first-order valence-corrected chi connectivity index (χ1v) is 8.74. The molecule has 0 saturated carbocycles. The predicted molar refractivity (Wildman–Crippen MR) is 99.2 cm³/mol. The van der Waals surface area contributed by atoms with Gasteiger partial charge in [0, 0.05) is 23.8 Å². The minimum atomic E-state index is -0.556. The van der Waals surface area contributed by atoms with Gasteiger partial charge in [-0.3, -0.25) is 14.8 Å². The van der Waals surface area contributed by atoms with E-state index >= 15 is 0 Å². The number of amides is 2. The van der Waals surface area contributed by atoms with Gasteiger partial charge < -0.3 is 10.2 Å². The van der Waals surface area contributed by atoms with Gasteiger partial charge in [0.1, 0.15) is 6.04 Å². The molecule has 2 atom stereocenters. The van der Waals surface area contributed by atoms with Gasteiger partial charge in [-0.1, -0.05) is 30.3 Å². The highest BCUT2D eigenvalue weighted by atomic mass is 16.5. The summed E-state index contributed by atoms with van der Waals surface area (Å²) in [5, 5.41) is 11.7. The third-order valence-corrected chi connectivity index (χ3v) is 4.73. The second-order valence-corrected chi connectivity index (χ2v) is 6.53. The number of hydrogen-bond acceptors (Lipinski definition) is 4. The molecule has 0 spiro atoms. The molecule has 0 bridgehead atoms. The van der Waals surface area contributed by atoms with E-state index in [1.165, 1.54) is 5.56 Å². The van der Waals surface area contributed by atoms with Crippen molar-refractivity contribution in [1.29, 1.82) is 0 Å². The van der Waals surface area contributed by atoms with Gasteiger partial charge in [0.2, 0.25) is 5.91 Å². The van der Waals surface area contributed by atoms with Gasteiger partial charge in [-0.15, -0.1) is 0 Å². The highest BCUT2D eigenvalue weighted by Crippen LogP contribution is 2.26. The van der Waals surface area contributed by atoms with Crippen LogP contribution in [0.3, 0.4) is 0 Å². The molecule has 2 amide bonds. The van der Waals surface area contributed by atoms with Crippen LogP contribution in [-0.2, 0) is 11.2 Å². The topological polar surface area (TPSA) is 81.7 Å². The van der Waals surface area contributed by atoms with Crippen molar-refractivity contribution < 1.29 is 14.8 Å². The Morgan fingerprint density at radius 3 is 2.50 bits per heavy atom. The number of nitrogens with zero attached hydrogens (tertiary/aromatic N) is 1. The summed E-state index contributed by atoms with van der Waals surface area (Å²) in [6, 6.07) is 17.0. The Bertz CT molecular complexity index is 762. The van der Waals surface area contributed by atoms with Crippen LogP contribution < -0.4 is 15.7 Å². The molecule has 1 fully saturated rings. The summed E-state index contributed by atoms with van der Waals surface area (Å²) in [6.45, 7) is 2.77. The second kappa shape index (κ2) is 8.01. The first kappa shape index (κ1) is 17.9. The number of rotatable bonds is 6. The van der Waals surface area contributed by atoms with Crippen molar-refractivity contribution in [2.24, 2.45) is 0 Å². The highest BCUT2D eigenvalue weighted by molar-refractivity contribution is 5.94. The standard InChI is InChI=1S/C20H23N3O3/c1-14(13-15-5-3-2-4-6-15)23(18-11-12-21-20(18)25)17-9-7-16(8-10-17)19(24)22-26/h2-10,14,18,26H,11-13H2,1H3,(H,21,25)(H,22,24). The van der Waals surface area contributed by atoms with E-state index in [1.54, 1.807) is 17.6 Å². The molecule has 136 valence electrons. The maximum absolute atomic E-state index is 12.3. The van der Waals surface area contributed by atoms with E-state index in [0.717, 1.165) is 18.5 Å². The normalized spacial score (nSPS) is 17.5. The van der Waals surface area contributed by atoms with Crippen LogP contribution in [0.15, 0.2) is 54.6 Å². The maximum atomic E-state index is 12.3. The molecule has 26 heavy (non-hydrogen) atoms. The van der Waals surface area contributed by atoms with Gasteiger partial charge >= 0.3 is 0 Å². The fourth-order valence-corrected chi connectivity index (χ4v) is 3.49. The molecule has 0 aromatic heterocycles. The summed E-state index contributed by atoms with van der Waals surface area (Å²) >= 11 is 0. The molecule has 2 unspecified atom stereocenters. The monoisotopic (exact) mass is 353 g/mol. The maximum Gasteiger partial charge on any atom is 0.274 e. The molecule has 1 aliphatic heterocycles. The SMILES string of the molecule is CC(Cc1ccccc1)N(c1ccc(C(=O)NO)cc1)C1CCNC1=O. The molecule has 0 aliphatic carbocycles. The molecule has 6 heteroatoms. The molecule has 0 radical (unpaired) electrons. The lowest BCUT2D eigenvalue weighted by molar-refractivity contribution is -0.120. The molecule has 1 aliphatic rings. The van der Waals surface area contributed by atoms with E-state index < -0.39 is 5.91 Å².